The second-order valence-corrected chi connectivity index (χ2v) is 6.04. The third-order valence-corrected chi connectivity index (χ3v) is 3.77. The van der Waals surface area contributed by atoms with Crippen LogP contribution in [0.5, 0.6) is 0 Å². The van der Waals surface area contributed by atoms with Crippen molar-refractivity contribution in [2.24, 2.45) is 16.3 Å². The SMILES string of the molecule is CC1(C)CC(=O)C2CNc3ccccc3N=C2C1. The van der Waals surface area contributed by atoms with Crippen LogP contribution in [0.1, 0.15) is 26.7 Å². The third kappa shape index (κ3) is 1.94. The number of benzene rings is 1. The van der Waals surface area contributed by atoms with Crippen molar-refractivity contribution in [2.45, 2.75) is 26.7 Å². The van der Waals surface area contributed by atoms with Crippen molar-refractivity contribution in [3.63, 3.8) is 0 Å². The molecule has 94 valence electrons. The van der Waals surface area contributed by atoms with Crippen molar-refractivity contribution in [1.82, 2.24) is 0 Å². The molecule has 0 radical (unpaired) electrons. The molecule has 1 fully saturated rings. The number of aliphatic imine (C=N–C) groups is 1. The van der Waals surface area contributed by atoms with Gasteiger partial charge >= 0.3 is 0 Å². The average molecular weight is 242 g/mol. The fourth-order valence-electron chi connectivity index (χ4n) is 2.89. The Morgan fingerprint density at radius 2 is 2.06 bits per heavy atom. The van der Waals surface area contributed by atoms with E-state index in [9.17, 15) is 4.79 Å². The Morgan fingerprint density at radius 1 is 1.28 bits per heavy atom. The quantitative estimate of drug-likeness (QED) is 0.759. The second kappa shape index (κ2) is 3.94. The lowest BCUT2D eigenvalue weighted by Crippen LogP contribution is -2.40. The van der Waals surface area contributed by atoms with Gasteiger partial charge in [-0.05, 0) is 24.0 Å². The summed E-state index contributed by atoms with van der Waals surface area (Å²) >= 11 is 0. The average Bonchev–Trinajstić information content (AvgIpc) is 2.46. The summed E-state index contributed by atoms with van der Waals surface area (Å²) in [6.07, 6.45) is 1.58. The topological polar surface area (TPSA) is 41.5 Å². The molecule has 1 atom stereocenters. The van der Waals surface area contributed by atoms with E-state index in [0.29, 0.717) is 18.7 Å². The zero-order valence-electron chi connectivity index (χ0n) is 10.9. The number of hydrogen-bond acceptors (Lipinski definition) is 3. The maximum atomic E-state index is 12.2. The predicted molar refractivity (Wildman–Crippen MR) is 73.5 cm³/mol. The Morgan fingerprint density at radius 3 is 2.89 bits per heavy atom. The largest absolute Gasteiger partial charge is 0.382 e. The molecule has 2 aliphatic rings. The molecular formula is C15H18N2O. The molecule has 3 heteroatoms. The number of rotatable bonds is 0. The van der Waals surface area contributed by atoms with Crippen LogP contribution in [0.15, 0.2) is 29.3 Å². The highest BCUT2D eigenvalue weighted by Crippen LogP contribution is 2.38. The zero-order chi connectivity index (χ0) is 12.8. The molecular weight excluding hydrogens is 224 g/mol. The molecule has 18 heavy (non-hydrogen) atoms. The van der Waals surface area contributed by atoms with Gasteiger partial charge in [0, 0.05) is 18.7 Å². The van der Waals surface area contributed by atoms with Gasteiger partial charge in [0.15, 0.2) is 0 Å². The lowest BCUT2D eigenvalue weighted by atomic mass is 9.71. The number of nitrogens with zero attached hydrogens (tertiary/aromatic N) is 1. The van der Waals surface area contributed by atoms with Gasteiger partial charge in [0.2, 0.25) is 0 Å². The highest BCUT2D eigenvalue weighted by Gasteiger charge is 2.38. The summed E-state index contributed by atoms with van der Waals surface area (Å²) in [6, 6.07) is 8.00. The maximum absolute atomic E-state index is 12.2. The summed E-state index contributed by atoms with van der Waals surface area (Å²) in [5.41, 5.74) is 3.09. The minimum absolute atomic E-state index is 0.0366. The number of anilines is 1. The van der Waals surface area contributed by atoms with Gasteiger partial charge in [-0.3, -0.25) is 9.79 Å². The number of nitrogens with one attached hydrogen (secondary N) is 1. The normalized spacial score (nSPS) is 25.3. The first-order valence-electron chi connectivity index (χ1n) is 6.48. The number of Topliss-reactive ketones (excluding diaryl/α,β-unsaturated/α-hetero) is 1. The molecule has 1 saturated carbocycles. The summed E-state index contributed by atoms with van der Waals surface area (Å²) in [6.45, 7) is 4.98. The van der Waals surface area contributed by atoms with E-state index in [4.69, 9.17) is 4.99 Å². The van der Waals surface area contributed by atoms with E-state index in [1.807, 2.05) is 24.3 Å². The molecule has 0 amide bonds. The minimum atomic E-state index is -0.0366. The van der Waals surface area contributed by atoms with Crippen LogP contribution in [-0.4, -0.2) is 18.0 Å². The van der Waals surface area contributed by atoms with Gasteiger partial charge < -0.3 is 5.32 Å². The van der Waals surface area contributed by atoms with E-state index in [2.05, 4.69) is 19.2 Å². The van der Waals surface area contributed by atoms with E-state index >= 15 is 0 Å². The van der Waals surface area contributed by atoms with Crippen molar-refractivity contribution in [3.05, 3.63) is 24.3 Å². The standard InChI is InChI=1S/C15H18N2O/c1-15(2)7-13-10(14(18)8-15)9-16-11-5-3-4-6-12(11)17-13/h3-6,10,16H,7-9H2,1-2H3. The van der Waals surface area contributed by atoms with Gasteiger partial charge in [0.1, 0.15) is 5.78 Å². The van der Waals surface area contributed by atoms with Gasteiger partial charge in [-0.2, -0.15) is 0 Å². The monoisotopic (exact) mass is 242 g/mol. The van der Waals surface area contributed by atoms with E-state index < -0.39 is 0 Å². The van der Waals surface area contributed by atoms with Crippen LogP contribution in [0.2, 0.25) is 0 Å². The Kier molecular flexibility index (Phi) is 2.51. The Balaban J connectivity index is 2.04. The van der Waals surface area contributed by atoms with E-state index in [1.54, 1.807) is 0 Å². The number of para-hydroxylation sites is 2. The fourth-order valence-corrected chi connectivity index (χ4v) is 2.89. The summed E-state index contributed by atoms with van der Waals surface area (Å²) < 4.78 is 0. The molecule has 1 aromatic rings. The van der Waals surface area contributed by atoms with Crippen LogP contribution in [0.4, 0.5) is 11.4 Å². The van der Waals surface area contributed by atoms with E-state index in [0.717, 1.165) is 23.5 Å². The van der Waals surface area contributed by atoms with Crippen LogP contribution < -0.4 is 5.32 Å². The van der Waals surface area contributed by atoms with Crippen LogP contribution in [0.25, 0.3) is 0 Å². The third-order valence-electron chi connectivity index (χ3n) is 3.77. The van der Waals surface area contributed by atoms with Crippen molar-refractivity contribution in [2.75, 3.05) is 11.9 Å². The molecule has 1 aromatic carbocycles. The summed E-state index contributed by atoms with van der Waals surface area (Å²) in [7, 11) is 0. The number of carbonyl (C=O) groups is 1. The van der Waals surface area contributed by atoms with Crippen molar-refractivity contribution >= 4 is 22.9 Å². The first-order valence-corrected chi connectivity index (χ1v) is 6.48. The Bertz CT molecular complexity index is 531. The summed E-state index contributed by atoms with van der Waals surface area (Å²) in [5, 5.41) is 3.35. The van der Waals surface area contributed by atoms with Gasteiger partial charge in [-0.15, -0.1) is 0 Å². The van der Waals surface area contributed by atoms with Crippen LogP contribution in [0.3, 0.4) is 0 Å². The molecule has 3 nitrogen and oxygen atoms in total. The number of fused-ring (bicyclic) bond motifs is 2. The second-order valence-electron chi connectivity index (χ2n) is 6.04. The number of hydrogen-bond donors (Lipinski definition) is 1. The first-order chi connectivity index (χ1) is 8.55. The molecule has 0 saturated heterocycles. The van der Waals surface area contributed by atoms with E-state index in [1.165, 1.54) is 0 Å². The maximum Gasteiger partial charge on any atom is 0.143 e. The van der Waals surface area contributed by atoms with Gasteiger partial charge in [0.05, 0.1) is 17.3 Å². The molecule has 0 spiro atoms. The molecule has 1 N–H and O–H groups in total. The highest BCUT2D eigenvalue weighted by atomic mass is 16.1. The van der Waals surface area contributed by atoms with Gasteiger partial charge in [-0.25, -0.2) is 0 Å². The molecule has 1 unspecified atom stereocenters. The molecule has 1 heterocycles. The van der Waals surface area contributed by atoms with Gasteiger partial charge in [-0.1, -0.05) is 26.0 Å². The molecule has 1 aliphatic heterocycles. The Labute approximate surface area is 107 Å². The Hall–Kier alpha value is -1.64. The molecule has 3 rings (SSSR count). The zero-order valence-corrected chi connectivity index (χ0v) is 10.9. The number of carbonyl (C=O) groups excluding carboxylic acids is 1. The van der Waals surface area contributed by atoms with Crippen LogP contribution in [0, 0.1) is 11.3 Å². The van der Waals surface area contributed by atoms with Crippen LogP contribution >= 0.6 is 0 Å². The smallest absolute Gasteiger partial charge is 0.143 e. The minimum Gasteiger partial charge on any atom is -0.382 e. The number of ketones is 1. The predicted octanol–water partition coefficient (Wildman–Crippen LogP) is 3.19. The van der Waals surface area contributed by atoms with E-state index in [-0.39, 0.29) is 11.3 Å². The van der Waals surface area contributed by atoms with Crippen molar-refractivity contribution in [1.29, 1.82) is 0 Å². The van der Waals surface area contributed by atoms with Gasteiger partial charge in [0.25, 0.3) is 0 Å². The van der Waals surface area contributed by atoms with Crippen molar-refractivity contribution in [3.8, 4) is 0 Å². The summed E-state index contributed by atoms with van der Waals surface area (Å²) in [4.78, 5) is 17.0. The first kappa shape index (κ1) is 11.5. The molecule has 0 bridgehead atoms. The lowest BCUT2D eigenvalue weighted by molar-refractivity contribution is -0.123. The molecule has 0 aromatic heterocycles. The van der Waals surface area contributed by atoms with Crippen LogP contribution in [-0.2, 0) is 4.79 Å². The highest BCUT2D eigenvalue weighted by molar-refractivity contribution is 6.10. The molecule has 1 aliphatic carbocycles. The van der Waals surface area contributed by atoms with Crippen molar-refractivity contribution < 1.29 is 4.79 Å². The fraction of sp³-hybridized carbons (Fsp3) is 0.467. The summed E-state index contributed by atoms with van der Waals surface area (Å²) in [5.74, 6) is 0.288. The lowest BCUT2D eigenvalue weighted by Gasteiger charge is -2.33.